The zero-order valence-electron chi connectivity index (χ0n) is 11.5. The molecule has 0 aromatic heterocycles. The highest BCUT2D eigenvalue weighted by molar-refractivity contribution is 5.66. The Morgan fingerprint density at radius 1 is 1.35 bits per heavy atom. The van der Waals surface area contributed by atoms with E-state index in [2.05, 4.69) is 0 Å². The number of carboxylic acid groups (broad SMARTS) is 1. The molecule has 2 atom stereocenters. The van der Waals surface area contributed by atoms with Crippen molar-refractivity contribution in [2.75, 3.05) is 13.2 Å². The zero-order chi connectivity index (χ0) is 14.5. The Bertz CT molecular complexity index is 471. The van der Waals surface area contributed by atoms with Crippen molar-refractivity contribution in [3.05, 3.63) is 23.8 Å². The fourth-order valence-electron chi connectivity index (χ4n) is 2.09. The van der Waals surface area contributed by atoms with Gasteiger partial charge in [-0.1, -0.05) is 13.0 Å². The Morgan fingerprint density at radius 3 is 2.75 bits per heavy atom. The van der Waals surface area contributed by atoms with Crippen LogP contribution in [-0.2, 0) is 4.79 Å². The van der Waals surface area contributed by atoms with Gasteiger partial charge in [0.2, 0.25) is 0 Å². The van der Waals surface area contributed by atoms with Crippen molar-refractivity contribution >= 4 is 5.97 Å². The molecule has 2 N–H and O–H groups in total. The molecule has 5 heteroatoms. The van der Waals surface area contributed by atoms with Crippen LogP contribution in [0.15, 0.2) is 18.2 Å². The lowest BCUT2D eigenvalue weighted by molar-refractivity contribution is -0.137. The molecular weight excluding hydrogens is 260 g/mol. The van der Waals surface area contributed by atoms with Crippen molar-refractivity contribution in [2.24, 2.45) is 5.92 Å². The summed E-state index contributed by atoms with van der Waals surface area (Å²) in [5.74, 6) is 0.816. The number of aliphatic hydroxyl groups is 1. The first-order valence-corrected chi connectivity index (χ1v) is 6.85. The molecule has 1 heterocycles. The molecule has 0 bridgehead atoms. The van der Waals surface area contributed by atoms with Crippen LogP contribution in [0.5, 0.6) is 11.5 Å². The van der Waals surface area contributed by atoms with E-state index >= 15 is 0 Å². The molecule has 0 spiro atoms. The third-order valence-corrected chi connectivity index (χ3v) is 3.27. The van der Waals surface area contributed by atoms with Gasteiger partial charge >= 0.3 is 5.97 Å². The lowest BCUT2D eigenvalue weighted by Gasteiger charge is -2.13. The topological polar surface area (TPSA) is 76.0 Å². The van der Waals surface area contributed by atoms with Gasteiger partial charge in [0.1, 0.15) is 0 Å². The predicted octanol–water partition coefficient (Wildman–Crippen LogP) is 2.38. The molecule has 0 radical (unpaired) electrons. The first-order valence-electron chi connectivity index (χ1n) is 6.85. The summed E-state index contributed by atoms with van der Waals surface area (Å²) in [7, 11) is 0. The number of aliphatic carboxylic acids is 1. The molecule has 110 valence electrons. The van der Waals surface area contributed by atoms with Crippen LogP contribution >= 0.6 is 0 Å². The van der Waals surface area contributed by atoms with Crippen molar-refractivity contribution in [1.29, 1.82) is 0 Å². The Kier molecular flexibility index (Phi) is 4.84. The number of ether oxygens (including phenoxy) is 2. The third kappa shape index (κ3) is 3.87. The zero-order valence-corrected chi connectivity index (χ0v) is 11.5. The van der Waals surface area contributed by atoms with E-state index in [1.807, 2.05) is 6.92 Å². The van der Waals surface area contributed by atoms with Gasteiger partial charge < -0.3 is 19.7 Å². The summed E-state index contributed by atoms with van der Waals surface area (Å²) in [6, 6.07) is 5.37. The van der Waals surface area contributed by atoms with Crippen LogP contribution in [0.1, 0.15) is 37.9 Å². The third-order valence-electron chi connectivity index (χ3n) is 3.27. The van der Waals surface area contributed by atoms with E-state index in [9.17, 15) is 9.90 Å². The number of rotatable bonds is 5. The highest BCUT2D eigenvalue weighted by Crippen LogP contribution is 2.34. The lowest BCUT2D eigenvalue weighted by atomic mass is 10.0. The molecule has 0 amide bonds. The van der Waals surface area contributed by atoms with Crippen LogP contribution in [-0.4, -0.2) is 29.4 Å². The van der Waals surface area contributed by atoms with Gasteiger partial charge in [-0.2, -0.15) is 0 Å². The van der Waals surface area contributed by atoms with Gasteiger partial charge in [0.25, 0.3) is 0 Å². The molecule has 2 unspecified atom stereocenters. The fourth-order valence-corrected chi connectivity index (χ4v) is 2.09. The molecule has 1 aliphatic heterocycles. The van der Waals surface area contributed by atoms with Gasteiger partial charge in [0.15, 0.2) is 11.5 Å². The average Bonchev–Trinajstić information content (AvgIpc) is 2.60. The molecular formula is C15H20O5. The SMILES string of the molecule is CC1COc2ccc(C(O)CCCC(=O)O)cc2OC1. The molecule has 0 aliphatic carbocycles. The monoisotopic (exact) mass is 280 g/mol. The highest BCUT2D eigenvalue weighted by atomic mass is 16.5. The van der Waals surface area contributed by atoms with E-state index in [0.29, 0.717) is 43.5 Å². The van der Waals surface area contributed by atoms with Crippen LogP contribution in [0.2, 0.25) is 0 Å². The minimum atomic E-state index is -0.843. The Hall–Kier alpha value is -1.75. The second-order valence-electron chi connectivity index (χ2n) is 5.24. The van der Waals surface area contributed by atoms with Crippen LogP contribution in [0.25, 0.3) is 0 Å². The molecule has 0 saturated heterocycles. The molecule has 20 heavy (non-hydrogen) atoms. The van der Waals surface area contributed by atoms with Crippen LogP contribution in [0.4, 0.5) is 0 Å². The summed E-state index contributed by atoms with van der Waals surface area (Å²) in [6.45, 7) is 3.26. The number of carbonyl (C=O) groups is 1. The molecule has 1 aliphatic rings. The van der Waals surface area contributed by atoms with E-state index in [1.165, 1.54) is 0 Å². The first-order chi connectivity index (χ1) is 9.56. The molecule has 0 saturated carbocycles. The molecule has 1 aromatic rings. The van der Waals surface area contributed by atoms with Crippen molar-refractivity contribution in [2.45, 2.75) is 32.3 Å². The van der Waals surface area contributed by atoms with Gasteiger partial charge in [-0.15, -0.1) is 0 Å². The van der Waals surface area contributed by atoms with E-state index in [0.717, 1.165) is 5.56 Å². The minimum Gasteiger partial charge on any atom is -0.489 e. The minimum absolute atomic E-state index is 0.0686. The summed E-state index contributed by atoms with van der Waals surface area (Å²) < 4.78 is 11.3. The smallest absolute Gasteiger partial charge is 0.303 e. The van der Waals surface area contributed by atoms with E-state index in [4.69, 9.17) is 14.6 Å². The van der Waals surface area contributed by atoms with Crippen LogP contribution < -0.4 is 9.47 Å². The van der Waals surface area contributed by atoms with Crippen molar-refractivity contribution in [3.63, 3.8) is 0 Å². The number of fused-ring (bicyclic) bond motifs is 1. The summed E-state index contributed by atoms with van der Waals surface area (Å²) in [5, 5.41) is 18.7. The number of hydrogen-bond acceptors (Lipinski definition) is 4. The van der Waals surface area contributed by atoms with Gasteiger partial charge in [0, 0.05) is 12.3 Å². The Morgan fingerprint density at radius 2 is 2.05 bits per heavy atom. The van der Waals surface area contributed by atoms with Crippen molar-refractivity contribution in [3.8, 4) is 11.5 Å². The van der Waals surface area contributed by atoms with Gasteiger partial charge in [-0.25, -0.2) is 0 Å². The molecule has 5 nitrogen and oxygen atoms in total. The lowest BCUT2D eigenvalue weighted by Crippen LogP contribution is -2.12. The summed E-state index contributed by atoms with van der Waals surface area (Å²) in [6.07, 6.45) is 0.257. The van der Waals surface area contributed by atoms with Gasteiger partial charge in [-0.3, -0.25) is 4.79 Å². The van der Waals surface area contributed by atoms with Gasteiger partial charge in [-0.05, 0) is 30.5 Å². The molecule has 2 rings (SSSR count). The number of aliphatic hydroxyl groups excluding tert-OH is 1. The number of hydrogen-bond donors (Lipinski definition) is 2. The van der Waals surface area contributed by atoms with E-state index < -0.39 is 12.1 Å². The second kappa shape index (κ2) is 6.61. The summed E-state index contributed by atoms with van der Waals surface area (Å²) in [4.78, 5) is 10.5. The Balaban J connectivity index is 2.01. The van der Waals surface area contributed by atoms with E-state index in [-0.39, 0.29) is 6.42 Å². The average molecular weight is 280 g/mol. The van der Waals surface area contributed by atoms with Crippen molar-refractivity contribution < 1.29 is 24.5 Å². The quantitative estimate of drug-likeness (QED) is 0.866. The number of benzene rings is 1. The summed E-state index contributed by atoms with van der Waals surface area (Å²) >= 11 is 0. The van der Waals surface area contributed by atoms with E-state index in [1.54, 1.807) is 18.2 Å². The first kappa shape index (κ1) is 14.7. The van der Waals surface area contributed by atoms with Crippen LogP contribution in [0, 0.1) is 5.92 Å². The predicted molar refractivity (Wildman–Crippen MR) is 73.0 cm³/mol. The maximum atomic E-state index is 10.5. The normalized spacial score (nSPS) is 19.2. The van der Waals surface area contributed by atoms with Crippen LogP contribution in [0.3, 0.4) is 0 Å². The number of carboxylic acids is 1. The maximum Gasteiger partial charge on any atom is 0.303 e. The molecule has 1 aromatic carbocycles. The standard InChI is InChI=1S/C15H20O5/c1-10-8-19-13-6-5-11(7-14(13)20-9-10)12(16)3-2-4-15(17)18/h5-7,10,12,16H,2-4,8-9H2,1H3,(H,17,18). The fraction of sp³-hybridized carbons (Fsp3) is 0.533. The largest absolute Gasteiger partial charge is 0.489 e. The van der Waals surface area contributed by atoms with Crippen molar-refractivity contribution in [1.82, 2.24) is 0 Å². The maximum absolute atomic E-state index is 10.5. The summed E-state index contributed by atoms with van der Waals surface area (Å²) in [5.41, 5.74) is 0.729. The second-order valence-corrected chi connectivity index (χ2v) is 5.24. The Labute approximate surface area is 118 Å². The highest BCUT2D eigenvalue weighted by Gasteiger charge is 2.17. The molecule has 0 fully saturated rings. The van der Waals surface area contributed by atoms with Gasteiger partial charge in [0.05, 0.1) is 19.3 Å².